The van der Waals surface area contributed by atoms with Crippen LogP contribution in [0.2, 0.25) is 10.0 Å². The van der Waals surface area contributed by atoms with Crippen LogP contribution >= 0.6 is 23.2 Å². The molecular weight excluding hydrogens is 360 g/mol. The molecule has 2 amide bonds. The number of rotatable bonds is 6. The molecule has 0 spiro atoms. The highest BCUT2D eigenvalue weighted by molar-refractivity contribution is 6.39. The van der Waals surface area contributed by atoms with Crippen molar-refractivity contribution in [2.24, 2.45) is 0 Å². The number of carbonyl (C=O) groups is 2. The molecule has 0 atom stereocenters. The molecular formula is C13H13Cl2F3N2O3. The molecule has 0 aromatic heterocycles. The third-order valence-electron chi connectivity index (χ3n) is 2.52. The lowest BCUT2D eigenvalue weighted by molar-refractivity contribution is -0.177. The minimum atomic E-state index is -4.52. The Bertz CT molecular complexity index is 562. The van der Waals surface area contributed by atoms with E-state index in [0.29, 0.717) is 0 Å². The van der Waals surface area contributed by atoms with Crippen molar-refractivity contribution in [1.82, 2.24) is 4.90 Å². The molecule has 0 aliphatic carbocycles. The number of ether oxygens (including phenoxy) is 1. The van der Waals surface area contributed by atoms with Gasteiger partial charge in [0, 0.05) is 7.05 Å². The molecule has 5 nitrogen and oxygen atoms in total. The Balaban J connectivity index is 2.49. The number of benzene rings is 1. The fourth-order valence-corrected chi connectivity index (χ4v) is 1.96. The van der Waals surface area contributed by atoms with E-state index in [2.05, 4.69) is 10.1 Å². The topological polar surface area (TPSA) is 58.6 Å². The van der Waals surface area contributed by atoms with E-state index >= 15 is 0 Å². The zero-order valence-corrected chi connectivity index (χ0v) is 13.4. The molecule has 0 aliphatic rings. The summed E-state index contributed by atoms with van der Waals surface area (Å²) in [7, 11) is 1.26. The van der Waals surface area contributed by atoms with Gasteiger partial charge in [-0.25, -0.2) is 0 Å². The minimum Gasteiger partial charge on any atom is -0.362 e. The maximum Gasteiger partial charge on any atom is 0.411 e. The number of anilines is 1. The number of amides is 2. The highest BCUT2D eigenvalue weighted by Crippen LogP contribution is 2.29. The van der Waals surface area contributed by atoms with Crippen LogP contribution in [0.3, 0.4) is 0 Å². The molecule has 0 aliphatic heterocycles. The molecule has 23 heavy (non-hydrogen) atoms. The van der Waals surface area contributed by atoms with Crippen molar-refractivity contribution in [3.63, 3.8) is 0 Å². The van der Waals surface area contributed by atoms with Crippen LogP contribution in [0.25, 0.3) is 0 Å². The predicted octanol–water partition coefficient (Wildman–Crippen LogP) is 2.97. The minimum absolute atomic E-state index is 0.190. The molecule has 0 bridgehead atoms. The average molecular weight is 373 g/mol. The summed E-state index contributed by atoms with van der Waals surface area (Å²) in [6.45, 7) is -2.71. The molecule has 1 aromatic carbocycles. The van der Waals surface area contributed by atoms with E-state index in [4.69, 9.17) is 23.2 Å². The standard InChI is InChI=1S/C13H13Cl2F3N2O3/c1-20(11(22)6-23-7-13(16,17)18)5-10(21)19-12-8(14)3-2-4-9(12)15/h2-4H,5-7H2,1H3,(H,19,21). The fourth-order valence-electron chi connectivity index (χ4n) is 1.46. The normalized spacial score (nSPS) is 11.2. The maximum atomic E-state index is 11.9. The van der Waals surface area contributed by atoms with Gasteiger partial charge >= 0.3 is 6.18 Å². The first-order chi connectivity index (χ1) is 10.6. The smallest absolute Gasteiger partial charge is 0.362 e. The van der Waals surface area contributed by atoms with Gasteiger partial charge in [0.25, 0.3) is 0 Å². The van der Waals surface area contributed by atoms with Gasteiger partial charge in [0.15, 0.2) is 0 Å². The number of halogens is 5. The van der Waals surface area contributed by atoms with Gasteiger partial charge in [0.1, 0.15) is 13.2 Å². The van der Waals surface area contributed by atoms with E-state index in [1.807, 2.05) is 0 Å². The summed E-state index contributed by atoms with van der Waals surface area (Å²) in [4.78, 5) is 24.3. The van der Waals surface area contributed by atoms with E-state index in [0.717, 1.165) is 4.90 Å². The zero-order valence-electron chi connectivity index (χ0n) is 11.9. The molecule has 10 heteroatoms. The largest absolute Gasteiger partial charge is 0.411 e. The van der Waals surface area contributed by atoms with Crippen LogP contribution in [0, 0.1) is 0 Å². The lowest BCUT2D eigenvalue weighted by Crippen LogP contribution is -2.37. The predicted molar refractivity (Wildman–Crippen MR) is 79.6 cm³/mol. The number of nitrogens with one attached hydrogen (secondary N) is 1. The fraction of sp³-hybridized carbons (Fsp3) is 0.385. The third-order valence-corrected chi connectivity index (χ3v) is 3.15. The van der Waals surface area contributed by atoms with Gasteiger partial charge in [0.2, 0.25) is 11.8 Å². The molecule has 1 N–H and O–H groups in total. The molecule has 0 unspecified atom stereocenters. The maximum absolute atomic E-state index is 11.9. The first kappa shape index (κ1) is 19.5. The van der Waals surface area contributed by atoms with Gasteiger partial charge in [-0.2, -0.15) is 13.2 Å². The molecule has 0 saturated carbocycles. The van der Waals surface area contributed by atoms with Gasteiger partial charge in [-0.15, -0.1) is 0 Å². The number of hydrogen-bond acceptors (Lipinski definition) is 3. The first-order valence-corrected chi connectivity index (χ1v) is 6.98. The number of nitrogens with zero attached hydrogens (tertiary/aromatic N) is 1. The molecule has 1 aromatic rings. The highest BCUT2D eigenvalue weighted by Gasteiger charge is 2.28. The second-order valence-electron chi connectivity index (χ2n) is 4.50. The van der Waals surface area contributed by atoms with Crippen LogP contribution in [-0.2, 0) is 14.3 Å². The van der Waals surface area contributed by atoms with Crippen molar-refractivity contribution >= 4 is 40.7 Å². The third kappa shape index (κ3) is 7.06. The van der Waals surface area contributed by atoms with Crippen LogP contribution in [0.1, 0.15) is 0 Å². The van der Waals surface area contributed by atoms with E-state index in [1.54, 1.807) is 6.07 Å². The van der Waals surface area contributed by atoms with E-state index in [-0.39, 0.29) is 15.7 Å². The Kier molecular flexibility index (Phi) is 7.11. The SMILES string of the molecule is CN(CC(=O)Nc1c(Cl)cccc1Cl)C(=O)COCC(F)(F)F. The Hall–Kier alpha value is -1.51. The molecule has 0 saturated heterocycles. The van der Waals surface area contributed by atoms with Gasteiger partial charge < -0.3 is 15.0 Å². The van der Waals surface area contributed by atoms with Crippen molar-refractivity contribution in [3.05, 3.63) is 28.2 Å². The first-order valence-electron chi connectivity index (χ1n) is 6.22. The summed E-state index contributed by atoms with van der Waals surface area (Å²) >= 11 is 11.8. The monoisotopic (exact) mass is 372 g/mol. The molecule has 0 fully saturated rings. The summed E-state index contributed by atoms with van der Waals surface area (Å²) in [5, 5.41) is 2.86. The van der Waals surface area contributed by atoms with Crippen molar-refractivity contribution in [2.75, 3.05) is 32.1 Å². The number of likely N-dealkylation sites (N-methyl/N-ethyl adjacent to an activating group) is 1. The molecule has 1 rings (SSSR count). The summed E-state index contributed by atoms with van der Waals surface area (Å²) in [6, 6.07) is 4.62. The van der Waals surface area contributed by atoms with Crippen LogP contribution < -0.4 is 5.32 Å². The Morgan fingerprint density at radius 3 is 2.35 bits per heavy atom. The average Bonchev–Trinajstić information content (AvgIpc) is 2.41. The summed E-state index contributed by atoms with van der Waals surface area (Å²) in [5.41, 5.74) is 0.190. The van der Waals surface area contributed by atoms with E-state index in [1.165, 1.54) is 19.2 Å². The number of carbonyl (C=O) groups excluding carboxylic acids is 2. The van der Waals surface area contributed by atoms with Crippen LogP contribution in [0.4, 0.5) is 18.9 Å². The summed E-state index contributed by atoms with van der Waals surface area (Å²) in [6.07, 6.45) is -4.52. The second-order valence-corrected chi connectivity index (χ2v) is 5.32. The summed E-state index contributed by atoms with van der Waals surface area (Å²) < 4.78 is 39.9. The quantitative estimate of drug-likeness (QED) is 0.834. The van der Waals surface area contributed by atoms with Crippen LogP contribution in [0.5, 0.6) is 0 Å². The number of para-hydroxylation sites is 1. The van der Waals surface area contributed by atoms with Crippen LogP contribution in [-0.4, -0.2) is 49.7 Å². The lowest BCUT2D eigenvalue weighted by Gasteiger charge is -2.17. The zero-order chi connectivity index (χ0) is 17.6. The molecule has 128 valence electrons. The Morgan fingerprint density at radius 2 is 1.83 bits per heavy atom. The van der Waals surface area contributed by atoms with Gasteiger partial charge in [0.05, 0.1) is 22.3 Å². The van der Waals surface area contributed by atoms with Crippen LogP contribution in [0.15, 0.2) is 18.2 Å². The molecule has 0 radical (unpaired) electrons. The van der Waals surface area contributed by atoms with Gasteiger partial charge in [-0.3, -0.25) is 9.59 Å². The van der Waals surface area contributed by atoms with E-state index < -0.39 is 37.7 Å². The second kappa shape index (κ2) is 8.37. The van der Waals surface area contributed by atoms with Gasteiger partial charge in [-0.05, 0) is 12.1 Å². The number of alkyl halides is 3. The highest BCUT2D eigenvalue weighted by atomic mass is 35.5. The van der Waals surface area contributed by atoms with Crippen molar-refractivity contribution in [3.8, 4) is 0 Å². The molecule has 0 heterocycles. The van der Waals surface area contributed by atoms with E-state index in [9.17, 15) is 22.8 Å². The van der Waals surface area contributed by atoms with Crippen molar-refractivity contribution in [1.29, 1.82) is 0 Å². The number of hydrogen-bond donors (Lipinski definition) is 1. The lowest BCUT2D eigenvalue weighted by atomic mass is 10.3. The Morgan fingerprint density at radius 1 is 1.26 bits per heavy atom. The van der Waals surface area contributed by atoms with Crippen molar-refractivity contribution in [2.45, 2.75) is 6.18 Å². The van der Waals surface area contributed by atoms with Gasteiger partial charge in [-0.1, -0.05) is 29.3 Å². The Labute approximate surface area is 140 Å². The summed E-state index contributed by atoms with van der Waals surface area (Å²) in [5.74, 6) is -1.37. The van der Waals surface area contributed by atoms with Crippen molar-refractivity contribution < 1.29 is 27.5 Å².